The van der Waals surface area contributed by atoms with E-state index in [0.29, 0.717) is 18.4 Å². The molecule has 1 fully saturated rings. The smallest absolute Gasteiger partial charge is 0.222 e. The number of piperidine rings is 1. The Labute approximate surface area is 86.9 Å². The first-order valence-corrected chi connectivity index (χ1v) is 5.79. The van der Waals surface area contributed by atoms with E-state index in [1.54, 1.807) is 0 Å². The molecule has 0 aromatic carbocycles. The van der Waals surface area contributed by atoms with Crippen LogP contribution in [0.2, 0.25) is 0 Å². The second-order valence-corrected chi connectivity index (χ2v) is 3.93. The van der Waals surface area contributed by atoms with Crippen molar-refractivity contribution in [3.8, 4) is 0 Å². The van der Waals surface area contributed by atoms with Crippen LogP contribution < -0.4 is 5.32 Å². The maximum atomic E-state index is 11.8. The summed E-state index contributed by atoms with van der Waals surface area (Å²) in [5.74, 6) is 0.323. The molecular formula is C11H22N2O. The van der Waals surface area contributed by atoms with Gasteiger partial charge in [0.1, 0.15) is 0 Å². The number of hydrogen-bond acceptors (Lipinski definition) is 2. The molecule has 1 rings (SSSR count). The molecule has 1 amide bonds. The molecule has 0 saturated carbocycles. The van der Waals surface area contributed by atoms with E-state index in [1.165, 1.54) is 6.42 Å². The monoisotopic (exact) mass is 198 g/mol. The Bertz CT molecular complexity index is 176. The topological polar surface area (TPSA) is 32.3 Å². The standard InChI is InChI=1S/C11H22N2O/c1-3-6-11(14)13(4-2)10-7-5-8-12-9-10/h10,12H,3-9H2,1-2H3. The van der Waals surface area contributed by atoms with E-state index in [-0.39, 0.29) is 0 Å². The van der Waals surface area contributed by atoms with E-state index in [2.05, 4.69) is 19.2 Å². The van der Waals surface area contributed by atoms with Gasteiger partial charge in [-0.3, -0.25) is 4.79 Å². The summed E-state index contributed by atoms with van der Waals surface area (Å²) < 4.78 is 0. The SMILES string of the molecule is CCCC(=O)N(CC)C1CCCNC1. The third kappa shape index (κ3) is 2.98. The van der Waals surface area contributed by atoms with Crippen molar-refractivity contribution in [1.82, 2.24) is 10.2 Å². The van der Waals surface area contributed by atoms with E-state index >= 15 is 0 Å². The summed E-state index contributed by atoms with van der Waals surface area (Å²) in [6, 6.07) is 0.438. The number of carbonyl (C=O) groups is 1. The number of rotatable bonds is 4. The van der Waals surface area contributed by atoms with Crippen molar-refractivity contribution in [2.75, 3.05) is 19.6 Å². The number of hydrogen-bond donors (Lipinski definition) is 1. The highest BCUT2D eigenvalue weighted by atomic mass is 16.2. The Morgan fingerprint density at radius 2 is 2.29 bits per heavy atom. The molecule has 3 nitrogen and oxygen atoms in total. The minimum atomic E-state index is 0.323. The third-order valence-electron chi connectivity index (χ3n) is 2.84. The second-order valence-electron chi connectivity index (χ2n) is 3.93. The Hall–Kier alpha value is -0.570. The molecule has 0 aromatic rings. The zero-order valence-electron chi connectivity index (χ0n) is 9.38. The molecule has 0 aliphatic carbocycles. The quantitative estimate of drug-likeness (QED) is 0.740. The molecule has 1 aliphatic heterocycles. The van der Waals surface area contributed by atoms with Gasteiger partial charge in [-0.25, -0.2) is 0 Å². The van der Waals surface area contributed by atoms with Gasteiger partial charge in [0.15, 0.2) is 0 Å². The predicted molar refractivity (Wildman–Crippen MR) is 58.2 cm³/mol. The van der Waals surface area contributed by atoms with Gasteiger partial charge in [-0.05, 0) is 32.7 Å². The number of amides is 1. The molecule has 1 saturated heterocycles. The van der Waals surface area contributed by atoms with Gasteiger partial charge in [0.2, 0.25) is 5.91 Å². The average molecular weight is 198 g/mol. The molecule has 1 unspecified atom stereocenters. The minimum Gasteiger partial charge on any atom is -0.339 e. The second kappa shape index (κ2) is 6.02. The first kappa shape index (κ1) is 11.5. The Morgan fingerprint density at radius 1 is 1.50 bits per heavy atom. The molecular weight excluding hydrogens is 176 g/mol. The molecule has 1 aliphatic rings. The normalized spacial score (nSPS) is 22.0. The van der Waals surface area contributed by atoms with Gasteiger partial charge >= 0.3 is 0 Å². The van der Waals surface area contributed by atoms with Crippen molar-refractivity contribution >= 4 is 5.91 Å². The maximum Gasteiger partial charge on any atom is 0.222 e. The number of nitrogens with zero attached hydrogens (tertiary/aromatic N) is 1. The van der Waals surface area contributed by atoms with E-state index in [0.717, 1.165) is 32.5 Å². The lowest BCUT2D eigenvalue weighted by Gasteiger charge is -2.34. The first-order chi connectivity index (χ1) is 6.79. The Balaban J connectivity index is 2.46. The summed E-state index contributed by atoms with van der Waals surface area (Å²) in [4.78, 5) is 13.8. The van der Waals surface area contributed by atoms with Crippen molar-refractivity contribution in [3.63, 3.8) is 0 Å². The predicted octanol–water partition coefficient (Wildman–Crippen LogP) is 1.39. The van der Waals surface area contributed by atoms with Gasteiger partial charge in [0.05, 0.1) is 0 Å². The lowest BCUT2D eigenvalue weighted by atomic mass is 10.1. The van der Waals surface area contributed by atoms with Crippen LogP contribution in [0.3, 0.4) is 0 Å². The largest absolute Gasteiger partial charge is 0.339 e. The number of likely N-dealkylation sites (N-methyl/N-ethyl adjacent to an activating group) is 1. The van der Waals surface area contributed by atoms with E-state index in [1.807, 2.05) is 4.90 Å². The average Bonchev–Trinajstić information content (AvgIpc) is 2.21. The first-order valence-electron chi connectivity index (χ1n) is 5.79. The van der Waals surface area contributed by atoms with E-state index in [4.69, 9.17) is 0 Å². The van der Waals surface area contributed by atoms with Crippen LogP contribution in [0.1, 0.15) is 39.5 Å². The number of nitrogens with one attached hydrogen (secondary N) is 1. The fourth-order valence-electron chi connectivity index (χ4n) is 2.10. The summed E-state index contributed by atoms with van der Waals surface area (Å²) >= 11 is 0. The highest BCUT2D eigenvalue weighted by molar-refractivity contribution is 5.76. The van der Waals surface area contributed by atoms with Crippen molar-refractivity contribution in [2.45, 2.75) is 45.6 Å². The zero-order valence-corrected chi connectivity index (χ0v) is 9.38. The van der Waals surface area contributed by atoms with Gasteiger partial charge in [-0.2, -0.15) is 0 Å². The van der Waals surface area contributed by atoms with Crippen molar-refractivity contribution < 1.29 is 4.79 Å². The summed E-state index contributed by atoms with van der Waals surface area (Å²) in [6.07, 6.45) is 4.01. The van der Waals surface area contributed by atoms with Crippen LogP contribution in [0.25, 0.3) is 0 Å². The fraction of sp³-hybridized carbons (Fsp3) is 0.909. The van der Waals surface area contributed by atoms with Crippen LogP contribution in [0, 0.1) is 0 Å². The van der Waals surface area contributed by atoms with Gasteiger partial charge in [-0.1, -0.05) is 6.92 Å². The highest BCUT2D eigenvalue weighted by Gasteiger charge is 2.22. The molecule has 0 radical (unpaired) electrons. The van der Waals surface area contributed by atoms with Gasteiger partial charge in [0.25, 0.3) is 0 Å². The molecule has 0 spiro atoms. The van der Waals surface area contributed by atoms with Crippen molar-refractivity contribution in [1.29, 1.82) is 0 Å². The molecule has 1 atom stereocenters. The summed E-state index contributed by atoms with van der Waals surface area (Å²) in [6.45, 7) is 7.07. The van der Waals surface area contributed by atoms with E-state index in [9.17, 15) is 4.79 Å². The van der Waals surface area contributed by atoms with Gasteiger partial charge < -0.3 is 10.2 Å². The Morgan fingerprint density at radius 3 is 2.79 bits per heavy atom. The zero-order chi connectivity index (χ0) is 10.4. The molecule has 82 valence electrons. The van der Waals surface area contributed by atoms with Gasteiger partial charge in [-0.15, -0.1) is 0 Å². The maximum absolute atomic E-state index is 11.8. The van der Waals surface area contributed by atoms with Crippen LogP contribution in [0.15, 0.2) is 0 Å². The lowest BCUT2D eigenvalue weighted by molar-refractivity contribution is -0.133. The van der Waals surface area contributed by atoms with Crippen molar-refractivity contribution in [2.24, 2.45) is 0 Å². The summed E-state index contributed by atoms with van der Waals surface area (Å²) in [5, 5.41) is 3.35. The molecule has 0 bridgehead atoms. The third-order valence-corrected chi connectivity index (χ3v) is 2.84. The van der Waals surface area contributed by atoms with Crippen molar-refractivity contribution in [3.05, 3.63) is 0 Å². The van der Waals surface area contributed by atoms with Crippen LogP contribution in [-0.4, -0.2) is 36.5 Å². The van der Waals surface area contributed by atoms with Crippen LogP contribution in [0.5, 0.6) is 0 Å². The van der Waals surface area contributed by atoms with E-state index < -0.39 is 0 Å². The Kier molecular flexibility index (Phi) is 4.94. The number of carbonyl (C=O) groups excluding carboxylic acids is 1. The highest BCUT2D eigenvalue weighted by Crippen LogP contribution is 2.11. The fourth-order valence-corrected chi connectivity index (χ4v) is 2.10. The molecule has 0 aromatic heterocycles. The minimum absolute atomic E-state index is 0.323. The molecule has 1 N–H and O–H groups in total. The van der Waals surface area contributed by atoms with Crippen LogP contribution in [0.4, 0.5) is 0 Å². The lowest BCUT2D eigenvalue weighted by Crippen LogP contribution is -2.48. The van der Waals surface area contributed by atoms with Gasteiger partial charge in [0, 0.05) is 25.6 Å². The molecule has 14 heavy (non-hydrogen) atoms. The van der Waals surface area contributed by atoms with Crippen LogP contribution >= 0.6 is 0 Å². The molecule has 3 heteroatoms. The molecule has 1 heterocycles. The summed E-state index contributed by atoms with van der Waals surface area (Å²) in [7, 11) is 0. The van der Waals surface area contributed by atoms with Crippen LogP contribution in [-0.2, 0) is 4.79 Å². The summed E-state index contributed by atoms with van der Waals surface area (Å²) in [5.41, 5.74) is 0.